The molecule has 0 fully saturated rings. The molecule has 0 N–H and O–H groups in total. The number of hydrogen-bond acceptors (Lipinski definition) is 3. The van der Waals surface area contributed by atoms with E-state index < -0.39 is 0 Å². The Morgan fingerprint density at radius 2 is 1.90 bits per heavy atom. The average molecular weight is 459 g/mol. The number of halogens is 2. The van der Waals surface area contributed by atoms with Gasteiger partial charge in [-0.3, -0.25) is 4.79 Å². The summed E-state index contributed by atoms with van der Waals surface area (Å²) in [4.78, 5) is 17.4. The third-order valence-electron chi connectivity index (χ3n) is 5.44. The van der Waals surface area contributed by atoms with Crippen LogP contribution in [0.3, 0.4) is 0 Å². The number of Topliss-reactive ketones (excluding diaryl/α,β-unsaturated/α-hetero) is 1. The molecule has 0 amide bonds. The van der Waals surface area contributed by atoms with Crippen LogP contribution in [-0.2, 0) is 16.0 Å². The zero-order valence-electron chi connectivity index (χ0n) is 18.2. The van der Waals surface area contributed by atoms with Crippen LogP contribution in [-0.4, -0.2) is 22.4 Å². The van der Waals surface area contributed by atoms with Crippen molar-refractivity contribution in [3.63, 3.8) is 0 Å². The van der Waals surface area contributed by atoms with E-state index in [1.165, 1.54) is 0 Å². The Hall–Kier alpha value is -2.30. The number of unbranched alkanes of at least 4 members (excludes halogenated alkanes) is 1. The molecule has 3 rings (SSSR count). The number of aromatic nitrogens is 2. The molecule has 1 aliphatic rings. The normalized spacial score (nSPS) is 16.3. The van der Waals surface area contributed by atoms with E-state index in [9.17, 15) is 4.79 Å². The number of allylic oxidation sites excluding steroid dienone is 5. The van der Waals surface area contributed by atoms with Crippen molar-refractivity contribution in [1.82, 2.24) is 9.55 Å². The van der Waals surface area contributed by atoms with Crippen LogP contribution in [0.1, 0.15) is 43.9 Å². The maximum Gasteiger partial charge on any atom is 0.159 e. The molecule has 1 unspecified atom stereocenters. The first-order chi connectivity index (χ1) is 14.9. The molecule has 0 saturated heterocycles. The number of aryl methyl sites for hydroxylation is 2. The van der Waals surface area contributed by atoms with E-state index in [0.717, 1.165) is 54.0 Å². The van der Waals surface area contributed by atoms with Gasteiger partial charge in [0, 0.05) is 34.2 Å². The third-order valence-corrected chi connectivity index (χ3v) is 5.87. The number of carbonyl (C=O) groups excluding carboxylic acids is 1. The van der Waals surface area contributed by atoms with E-state index in [1.807, 2.05) is 48.0 Å². The fraction of sp³-hybridized carbons (Fsp3) is 0.360. The molecule has 1 aliphatic carbocycles. The molecule has 0 aliphatic heterocycles. The second kappa shape index (κ2) is 10.8. The fourth-order valence-corrected chi connectivity index (χ4v) is 4.39. The average Bonchev–Trinajstić information content (AvgIpc) is 3.06. The van der Waals surface area contributed by atoms with Crippen LogP contribution >= 0.6 is 23.2 Å². The van der Waals surface area contributed by atoms with E-state index in [0.29, 0.717) is 16.5 Å². The number of methoxy groups -OCH3 is 1. The van der Waals surface area contributed by atoms with Crippen LogP contribution in [0.15, 0.2) is 60.3 Å². The first-order valence-electron chi connectivity index (χ1n) is 10.6. The Morgan fingerprint density at radius 1 is 1.16 bits per heavy atom. The lowest BCUT2D eigenvalue weighted by Crippen LogP contribution is -2.11. The predicted octanol–water partition coefficient (Wildman–Crippen LogP) is 6.82. The molecule has 1 atom stereocenters. The Bertz CT molecular complexity index is 1010. The molecular formula is C25H28Cl2N2O2. The summed E-state index contributed by atoms with van der Waals surface area (Å²) in [6, 6.07) is 5.59. The highest BCUT2D eigenvalue weighted by molar-refractivity contribution is 6.34. The van der Waals surface area contributed by atoms with Crippen LogP contribution in [0.2, 0.25) is 10.0 Å². The topological polar surface area (TPSA) is 44.1 Å². The molecule has 0 radical (unpaired) electrons. The monoisotopic (exact) mass is 458 g/mol. The molecule has 4 nitrogen and oxygen atoms in total. The molecule has 2 aromatic rings. The van der Waals surface area contributed by atoms with Crippen LogP contribution in [0.4, 0.5) is 0 Å². The highest BCUT2D eigenvalue weighted by Crippen LogP contribution is 2.30. The van der Waals surface area contributed by atoms with E-state index in [1.54, 1.807) is 19.5 Å². The van der Waals surface area contributed by atoms with E-state index in [4.69, 9.17) is 27.9 Å². The molecule has 0 bridgehead atoms. The molecular weight excluding hydrogens is 431 g/mol. The lowest BCUT2D eigenvalue weighted by Gasteiger charge is -2.15. The number of ether oxygens (including phenoxy) is 1. The SMILES string of the molecule is CCC1C=C(OC)C(n2cnc(C)c2)=CC=C1C(=O)CCCCc1cc(Cl)cc(Cl)c1. The van der Waals surface area contributed by atoms with Gasteiger partial charge in [-0.05, 0) is 68.5 Å². The summed E-state index contributed by atoms with van der Waals surface area (Å²) < 4.78 is 7.58. The number of benzene rings is 1. The van der Waals surface area contributed by atoms with Gasteiger partial charge in [0.25, 0.3) is 0 Å². The molecule has 0 saturated carbocycles. The maximum atomic E-state index is 13.1. The van der Waals surface area contributed by atoms with Crippen molar-refractivity contribution in [2.45, 2.75) is 46.0 Å². The van der Waals surface area contributed by atoms with Gasteiger partial charge in [0.2, 0.25) is 0 Å². The van der Waals surface area contributed by atoms with Crippen LogP contribution in [0, 0.1) is 12.8 Å². The summed E-state index contributed by atoms with van der Waals surface area (Å²) in [7, 11) is 1.66. The molecule has 1 heterocycles. The summed E-state index contributed by atoms with van der Waals surface area (Å²) in [5.41, 5.74) is 3.73. The van der Waals surface area contributed by atoms with Gasteiger partial charge < -0.3 is 9.30 Å². The van der Waals surface area contributed by atoms with Crippen molar-refractivity contribution in [2.75, 3.05) is 7.11 Å². The minimum absolute atomic E-state index is 0.0209. The Morgan fingerprint density at radius 3 is 2.52 bits per heavy atom. The zero-order valence-corrected chi connectivity index (χ0v) is 19.7. The standard InChI is InChI=1S/C25H28Cl2N2O2/c1-4-19-13-25(31-3)23(29-15-17(2)28-16-29)10-9-22(19)24(30)8-6-5-7-18-11-20(26)14-21(27)12-18/h9-16,19H,4-8H2,1-3H3. The third kappa shape index (κ3) is 6.11. The number of ketones is 1. The van der Waals surface area contributed by atoms with Crippen LogP contribution in [0.25, 0.3) is 5.70 Å². The summed E-state index contributed by atoms with van der Waals surface area (Å²) in [5.74, 6) is 0.954. The Labute approximate surface area is 194 Å². The Kier molecular flexibility index (Phi) is 8.16. The molecule has 1 aromatic heterocycles. The summed E-state index contributed by atoms with van der Waals surface area (Å²) in [6.07, 6.45) is 13.6. The lowest BCUT2D eigenvalue weighted by atomic mass is 9.90. The van der Waals surface area contributed by atoms with Crippen molar-refractivity contribution in [1.29, 1.82) is 0 Å². The fourth-order valence-electron chi connectivity index (χ4n) is 3.82. The summed E-state index contributed by atoms with van der Waals surface area (Å²) >= 11 is 12.1. The van der Waals surface area contributed by atoms with Crippen molar-refractivity contribution >= 4 is 34.7 Å². The molecule has 31 heavy (non-hydrogen) atoms. The smallest absolute Gasteiger partial charge is 0.159 e. The quantitative estimate of drug-likeness (QED) is 0.387. The Balaban J connectivity index is 1.69. The second-order valence-corrected chi connectivity index (χ2v) is 8.63. The minimum atomic E-state index is 0.0209. The number of nitrogens with zero attached hydrogens (tertiary/aromatic N) is 2. The van der Waals surface area contributed by atoms with Gasteiger partial charge in [0.05, 0.1) is 24.8 Å². The number of hydrogen-bond donors (Lipinski definition) is 0. The van der Waals surface area contributed by atoms with E-state index in [-0.39, 0.29) is 11.7 Å². The van der Waals surface area contributed by atoms with Crippen molar-refractivity contribution < 1.29 is 9.53 Å². The largest absolute Gasteiger partial charge is 0.495 e. The van der Waals surface area contributed by atoms with Crippen molar-refractivity contribution in [2.24, 2.45) is 5.92 Å². The summed E-state index contributed by atoms with van der Waals surface area (Å²) in [6.45, 7) is 4.03. The maximum absolute atomic E-state index is 13.1. The van der Waals surface area contributed by atoms with Crippen molar-refractivity contribution in [3.8, 4) is 0 Å². The first kappa shape index (κ1) is 23.4. The highest BCUT2D eigenvalue weighted by atomic mass is 35.5. The van der Waals surface area contributed by atoms with Crippen LogP contribution in [0.5, 0.6) is 0 Å². The number of carbonyl (C=O) groups is 1. The van der Waals surface area contributed by atoms with Gasteiger partial charge in [-0.1, -0.05) is 36.2 Å². The second-order valence-electron chi connectivity index (χ2n) is 7.75. The van der Waals surface area contributed by atoms with Crippen molar-refractivity contribution in [3.05, 3.63) is 81.6 Å². The van der Waals surface area contributed by atoms with Gasteiger partial charge in [-0.15, -0.1) is 0 Å². The van der Waals surface area contributed by atoms with Gasteiger partial charge in [0.1, 0.15) is 5.76 Å². The number of imidazole rings is 1. The van der Waals surface area contributed by atoms with Gasteiger partial charge >= 0.3 is 0 Å². The predicted molar refractivity (Wildman–Crippen MR) is 127 cm³/mol. The van der Waals surface area contributed by atoms with E-state index >= 15 is 0 Å². The van der Waals surface area contributed by atoms with Crippen LogP contribution < -0.4 is 0 Å². The van der Waals surface area contributed by atoms with Gasteiger partial charge in [-0.25, -0.2) is 4.98 Å². The van der Waals surface area contributed by atoms with E-state index in [2.05, 4.69) is 11.9 Å². The van der Waals surface area contributed by atoms with Gasteiger partial charge in [-0.2, -0.15) is 0 Å². The first-order valence-corrected chi connectivity index (χ1v) is 11.3. The molecule has 164 valence electrons. The molecule has 6 heteroatoms. The molecule has 0 spiro atoms. The zero-order chi connectivity index (χ0) is 22.4. The summed E-state index contributed by atoms with van der Waals surface area (Å²) in [5, 5.41) is 1.29. The molecule has 1 aromatic carbocycles. The number of rotatable bonds is 9. The van der Waals surface area contributed by atoms with Gasteiger partial charge in [0.15, 0.2) is 5.78 Å². The minimum Gasteiger partial charge on any atom is -0.495 e. The highest BCUT2D eigenvalue weighted by Gasteiger charge is 2.22. The lowest BCUT2D eigenvalue weighted by molar-refractivity contribution is -0.116.